The van der Waals surface area contributed by atoms with E-state index in [-0.39, 0.29) is 0 Å². The van der Waals surface area contributed by atoms with Crippen molar-refractivity contribution >= 4 is 0 Å². The third kappa shape index (κ3) is 5.43. The van der Waals surface area contributed by atoms with Gasteiger partial charge in [0.2, 0.25) is 0 Å². The van der Waals surface area contributed by atoms with Gasteiger partial charge in [0, 0.05) is 7.05 Å². The van der Waals surface area contributed by atoms with Gasteiger partial charge in [-0.25, -0.2) is 0 Å². The fourth-order valence-corrected chi connectivity index (χ4v) is 2.11. The van der Waals surface area contributed by atoms with Gasteiger partial charge in [0.05, 0.1) is 5.70 Å². The van der Waals surface area contributed by atoms with Crippen molar-refractivity contribution in [3.8, 4) is 0 Å². The quantitative estimate of drug-likeness (QED) is 0.543. The second-order valence-electron chi connectivity index (χ2n) is 4.83. The van der Waals surface area contributed by atoms with Crippen LogP contribution in [0, 0.1) is 0 Å². The van der Waals surface area contributed by atoms with Crippen molar-refractivity contribution in [2.24, 2.45) is 0 Å². The molecule has 0 atom stereocenters. The summed E-state index contributed by atoms with van der Waals surface area (Å²) in [6.07, 6.45) is 14.2. The van der Waals surface area contributed by atoms with Gasteiger partial charge in [0.1, 0.15) is 6.26 Å². The first-order valence-corrected chi connectivity index (χ1v) is 6.86. The summed E-state index contributed by atoms with van der Waals surface area (Å²) in [6, 6.07) is 0. The van der Waals surface area contributed by atoms with E-state index in [1.165, 1.54) is 63.5 Å². The Kier molecular flexibility index (Phi) is 7.11. The number of ether oxygens (including phenoxy) is 1. The molecule has 1 aliphatic heterocycles. The summed E-state index contributed by atoms with van der Waals surface area (Å²) in [5, 5.41) is 0. The summed E-state index contributed by atoms with van der Waals surface area (Å²) in [4.78, 5) is 2.20. The zero-order valence-corrected chi connectivity index (χ0v) is 11.0. The molecular weight excluding hydrogens is 198 g/mol. The van der Waals surface area contributed by atoms with Crippen molar-refractivity contribution in [2.45, 2.75) is 64.7 Å². The van der Waals surface area contributed by atoms with Crippen molar-refractivity contribution in [1.82, 2.24) is 4.90 Å². The Morgan fingerprint density at radius 3 is 2.25 bits per heavy atom. The van der Waals surface area contributed by atoms with E-state index in [1.54, 1.807) is 0 Å². The van der Waals surface area contributed by atoms with Gasteiger partial charge < -0.3 is 9.64 Å². The maximum Gasteiger partial charge on any atom is 0.160 e. The van der Waals surface area contributed by atoms with Crippen LogP contribution in [0.5, 0.6) is 0 Å². The Bertz CT molecular complexity index is 201. The average Bonchev–Trinajstić information content (AvgIpc) is 2.68. The molecule has 0 saturated heterocycles. The van der Waals surface area contributed by atoms with Crippen molar-refractivity contribution in [1.29, 1.82) is 0 Å². The van der Waals surface area contributed by atoms with E-state index in [9.17, 15) is 0 Å². The van der Waals surface area contributed by atoms with Crippen LogP contribution in [0.4, 0.5) is 0 Å². The van der Waals surface area contributed by atoms with Crippen LogP contribution in [-0.2, 0) is 4.74 Å². The maximum absolute atomic E-state index is 5.26. The first-order chi connectivity index (χ1) is 7.84. The lowest BCUT2D eigenvalue weighted by atomic mass is 10.1. The average molecular weight is 225 g/mol. The second-order valence-corrected chi connectivity index (χ2v) is 4.83. The Labute approximate surface area is 101 Å². The second kappa shape index (κ2) is 8.49. The normalized spacial score (nSPS) is 15.1. The van der Waals surface area contributed by atoms with Crippen LogP contribution in [0.3, 0.4) is 0 Å². The van der Waals surface area contributed by atoms with Gasteiger partial charge in [-0.1, -0.05) is 51.9 Å². The molecule has 0 bridgehead atoms. The highest BCUT2D eigenvalue weighted by molar-refractivity contribution is 4.98. The first kappa shape index (κ1) is 13.4. The van der Waals surface area contributed by atoms with Crippen molar-refractivity contribution in [3.05, 3.63) is 12.0 Å². The van der Waals surface area contributed by atoms with Gasteiger partial charge >= 0.3 is 0 Å². The van der Waals surface area contributed by atoms with Crippen LogP contribution >= 0.6 is 0 Å². The van der Waals surface area contributed by atoms with E-state index in [1.807, 2.05) is 6.26 Å². The predicted octanol–water partition coefficient (Wildman–Crippen LogP) is 4.28. The minimum Gasteiger partial charge on any atom is -0.479 e. The Morgan fingerprint density at radius 1 is 1.06 bits per heavy atom. The molecule has 0 aliphatic carbocycles. The van der Waals surface area contributed by atoms with E-state index in [2.05, 4.69) is 18.9 Å². The molecule has 16 heavy (non-hydrogen) atoms. The third-order valence-corrected chi connectivity index (χ3v) is 3.26. The van der Waals surface area contributed by atoms with Gasteiger partial charge in [-0.15, -0.1) is 0 Å². The highest BCUT2D eigenvalue weighted by Crippen LogP contribution is 2.18. The molecule has 0 saturated carbocycles. The summed E-state index contributed by atoms with van der Waals surface area (Å²) in [7, 11) is 2.10. The van der Waals surface area contributed by atoms with Crippen LogP contribution in [-0.4, -0.2) is 18.7 Å². The summed E-state index contributed by atoms with van der Waals surface area (Å²) in [6.45, 7) is 3.01. The van der Waals surface area contributed by atoms with Gasteiger partial charge in [0.15, 0.2) is 6.73 Å². The molecule has 0 radical (unpaired) electrons. The van der Waals surface area contributed by atoms with Gasteiger partial charge in [0.25, 0.3) is 0 Å². The number of hydrogen-bond donors (Lipinski definition) is 0. The molecule has 1 rings (SSSR count). The monoisotopic (exact) mass is 225 g/mol. The third-order valence-electron chi connectivity index (χ3n) is 3.26. The smallest absolute Gasteiger partial charge is 0.160 e. The van der Waals surface area contributed by atoms with Crippen LogP contribution in [0.2, 0.25) is 0 Å². The number of unbranched alkanes of at least 4 members (excludes halogenated alkanes) is 7. The molecule has 0 fully saturated rings. The maximum atomic E-state index is 5.26. The molecule has 0 amide bonds. The minimum absolute atomic E-state index is 0.742. The molecule has 0 spiro atoms. The van der Waals surface area contributed by atoms with Crippen LogP contribution < -0.4 is 0 Å². The number of allylic oxidation sites excluding steroid dienone is 1. The largest absolute Gasteiger partial charge is 0.479 e. The van der Waals surface area contributed by atoms with Crippen LogP contribution in [0.25, 0.3) is 0 Å². The molecule has 0 aromatic rings. The zero-order chi connectivity index (χ0) is 11.6. The molecule has 0 aromatic carbocycles. The molecule has 94 valence electrons. The molecule has 2 nitrogen and oxygen atoms in total. The van der Waals surface area contributed by atoms with Crippen LogP contribution in [0.15, 0.2) is 12.0 Å². The standard InChI is InChI=1S/C14H27NO/c1-3-4-5-6-7-8-9-10-11-14-12-16-13-15(14)2/h12H,3-11,13H2,1-2H3. The van der Waals surface area contributed by atoms with E-state index >= 15 is 0 Å². The topological polar surface area (TPSA) is 12.5 Å². The molecule has 0 unspecified atom stereocenters. The fraction of sp³-hybridized carbons (Fsp3) is 0.857. The van der Waals surface area contributed by atoms with E-state index in [4.69, 9.17) is 4.74 Å². The minimum atomic E-state index is 0.742. The first-order valence-electron chi connectivity index (χ1n) is 6.86. The molecular formula is C14H27NO. The molecule has 1 aliphatic rings. The number of hydrogen-bond acceptors (Lipinski definition) is 2. The Morgan fingerprint density at radius 2 is 1.69 bits per heavy atom. The lowest BCUT2D eigenvalue weighted by Crippen LogP contribution is -2.13. The van der Waals surface area contributed by atoms with Crippen molar-refractivity contribution in [2.75, 3.05) is 13.8 Å². The molecule has 2 heteroatoms. The van der Waals surface area contributed by atoms with Gasteiger partial charge in [-0.05, 0) is 12.8 Å². The zero-order valence-electron chi connectivity index (χ0n) is 11.0. The van der Waals surface area contributed by atoms with Gasteiger partial charge in [-0.3, -0.25) is 0 Å². The van der Waals surface area contributed by atoms with Crippen molar-refractivity contribution < 1.29 is 4.74 Å². The fourth-order valence-electron chi connectivity index (χ4n) is 2.11. The lowest BCUT2D eigenvalue weighted by Gasteiger charge is -2.12. The predicted molar refractivity (Wildman–Crippen MR) is 69.0 cm³/mol. The molecule has 0 aromatic heterocycles. The summed E-state index contributed by atoms with van der Waals surface area (Å²) >= 11 is 0. The Balaban J connectivity index is 1.85. The Hall–Kier alpha value is -0.660. The summed E-state index contributed by atoms with van der Waals surface area (Å²) < 4.78 is 5.26. The van der Waals surface area contributed by atoms with E-state index in [0.29, 0.717) is 0 Å². The highest BCUT2D eigenvalue weighted by atomic mass is 16.5. The highest BCUT2D eigenvalue weighted by Gasteiger charge is 2.10. The van der Waals surface area contributed by atoms with E-state index < -0.39 is 0 Å². The summed E-state index contributed by atoms with van der Waals surface area (Å²) in [5.74, 6) is 0. The number of nitrogens with zero attached hydrogens (tertiary/aromatic N) is 1. The SMILES string of the molecule is CCCCCCCCCCC1=COCN1C. The number of rotatable bonds is 9. The summed E-state index contributed by atoms with van der Waals surface area (Å²) in [5.41, 5.74) is 1.37. The van der Waals surface area contributed by atoms with Crippen molar-refractivity contribution in [3.63, 3.8) is 0 Å². The van der Waals surface area contributed by atoms with E-state index in [0.717, 1.165) is 6.73 Å². The molecule has 0 N–H and O–H groups in total. The lowest BCUT2D eigenvalue weighted by molar-refractivity contribution is 0.186. The van der Waals surface area contributed by atoms with Crippen LogP contribution in [0.1, 0.15) is 64.7 Å². The van der Waals surface area contributed by atoms with Gasteiger partial charge in [-0.2, -0.15) is 0 Å². The molecule has 1 heterocycles.